The van der Waals surface area contributed by atoms with Gasteiger partial charge in [-0.2, -0.15) is 0 Å². The second-order valence-electron chi connectivity index (χ2n) is 2.83. The number of rotatable bonds is 1. The number of hydrogen-bond donors (Lipinski definition) is 0. The standard InChI is InChI=1S/C10H11NO2S/c1-12-7-3-4-9-8(5-7)11-10(13-2)6-14-9/h3-5H,6H2,1-2H3. The summed E-state index contributed by atoms with van der Waals surface area (Å²) < 4.78 is 10.2. The first-order chi connectivity index (χ1) is 6.83. The van der Waals surface area contributed by atoms with Crippen LogP contribution >= 0.6 is 11.8 Å². The zero-order valence-electron chi connectivity index (χ0n) is 8.11. The smallest absolute Gasteiger partial charge is 0.198 e. The predicted octanol–water partition coefficient (Wildman–Crippen LogP) is 2.48. The van der Waals surface area contributed by atoms with E-state index in [0.29, 0.717) is 0 Å². The fraction of sp³-hybridized carbons (Fsp3) is 0.300. The van der Waals surface area contributed by atoms with Crippen molar-refractivity contribution in [1.29, 1.82) is 0 Å². The average Bonchev–Trinajstić information content (AvgIpc) is 2.27. The van der Waals surface area contributed by atoms with E-state index in [1.807, 2.05) is 18.2 Å². The Bertz CT molecular complexity index is 376. The molecule has 74 valence electrons. The molecule has 0 saturated heterocycles. The molecule has 0 atom stereocenters. The molecule has 0 saturated carbocycles. The molecule has 0 unspecified atom stereocenters. The molecule has 0 radical (unpaired) electrons. The summed E-state index contributed by atoms with van der Waals surface area (Å²) in [5.41, 5.74) is 0.928. The first-order valence-electron chi connectivity index (χ1n) is 4.26. The molecular weight excluding hydrogens is 198 g/mol. The van der Waals surface area contributed by atoms with E-state index >= 15 is 0 Å². The van der Waals surface area contributed by atoms with Gasteiger partial charge < -0.3 is 9.47 Å². The number of aliphatic imine (C=N–C) groups is 1. The summed E-state index contributed by atoms with van der Waals surface area (Å²) in [5, 5.41) is 0. The molecule has 0 N–H and O–H groups in total. The number of thioether (sulfide) groups is 1. The van der Waals surface area contributed by atoms with E-state index in [-0.39, 0.29) is 0 Å². The third kappa shape index (κ3) is 1.70. The van der Waals surface area contributed by atoms with Crippen LogP contribution in [-0.4, -0.2) is 25.9 Å². The molecule has 14 heavy (non-hydrogen) atoms. The monoisotopic (exact) mass is 209 g/mol. The van der Waals surface area contributed by atoms with E-state index in [1.54, 1.807) is 26.0 Å². The molecule has 0 aliphatic carbocycles. The van der Waals surface area contributed by atoms with Crippen LogP contribution in [-0.2, 0) is 4.74 Å². The molecule has 1 aliphatic rings. The molecule has 1 aromatic carbocycles. The molecule has 2 rings (SSSR count). The Kier molecular flexibility index (Phi) is 2.63. The van der Waals surface area contributed by atoms with E-state index < -0.39 is 0 Å². The molecule has 3 nitrogen and oxygen atoms in total. The van der Waals surface area contributed by atoms with E-state index in [0.717, 1.165) is 23.1 Å². The number of nitrogens with zero attached hydrogens (tertiary/aromatic N) is 1. The van der Waals surface area contributed by atoms with E-state index in [1.165, 1.54) is 4.90 Å². The third-order valence-electron chi connectivity index (χ3n) is 2.00. The number of methoxy groups -OCH3 is 2. The Labute approximate surface area is 87.1 Å². The van der Waals surface area contributed by atoms with E-state index in [2.05, 4.69) is 4.99 Å². The van der Waals surface area contributed by atoms with Gasteiger partial charge in [0.15, 0.2) is 5.90 Å². The fourth-order valence-electron chi connectivity index (χ4n) is 1.24. The maximum Gasteiger partial charge on any atom is 0.198 e. The van der Waals surface area contributed by atoms with Crippen molar-refractivity contribution in [3.8, 4) is 5.75 Å². The minimum Gasteiger partial charge on any atom is -0.497 e. The van der Waals surface area contributed by atoms with Gasteiger partial charge in [-0.25, -0.2) is 4.99 Å². The molecule has 1 heterocycles. The van der Waals surface area contributed by atoms with Crippen LogP contribution in [0.1, 0.15) is 0 Å². The molecule has 1 aliphatic heterocycles. The van der Waals surface area contributed by atoms with Crippen LogP contribution in [0.15, 0.2) is 28.1 Å². The molecule has 0 aromatic heterocycles. The largest absolute Gasteiger partial charge is 0.497 e. The zero-order valence-corrected chi connectivity index (χ0v) is 8.93. The van der Waals surface area contributed by atoms with Crippen molar-refractivity contribution in [3.63, 3.8) is 0 Å². The molecule has 0 spiro atoms. The maximum atomic E-state index is 5.13. The summed E-state index contributed by atoms with van der Waals surface area (Å²) in [6.45, 7) is 0. The van der Waals surface area contributed by atoms with Crippen molar-refractivity contribution in [3.05, 3.63) is 18.2 Å². The number of fused-ring (bicyclic) bond motifs is 1. The minimum absolute atomic E-state index is 0.760. The summed E-state index contributed by atoms with van der Waals surface area (Å²) in [5.74, 6) is 2.39. The molecule has 4 heteroatoms. The van der Waals surface area contributed by atoms with Crippen LogP contribution < -0.4 is 4.74 Å². The lowest BCUT2D eigenvalue weighted by molar-refractivity contribution is 0.400. The van der Waals surface area contributed by atoms with Gasteiger partial charge in [0, 0.05) is 11.0 Å². The van der Waals surface area contributed by atoms with Gasteiger partial charge in [-0.15, -0.1) is 11.8 Å². The average molecular weight is 209 g/mol. The molecular formula is C10H11NO2S. The van der Waals surface area contributed by atoms with Gasteiger partial charge in [0.1, 0.15) is 5.75 Å². The van der Waals surface area contributed by atoms with Crippen LogP contribution in [0.5, 0.6) is 5.75 Å². The van der Waals surface area contributed by atoms with Crippen molar-refractivity contribution in [1.82, 2.24) is 0 Å². The van der Waals surface area contributed by atoms with Gasteiger partial charge in [0.25, 0.3) is 0 Å². The summed E-state index contributed by atoms with van der Waals surface area (Å²) >= 11 is 1.73. The molecule has 0 bridgehead atoms. The normalized spacial score (nSPS) is 14.3. The van der Waals surface area contributed by atoms with E-state index in [4.69, 9.17) is 9.47 Å². The van der Waals surface area contributed by atoms with Crippen LogP contribution in [0.4, 0.5) is 5.69 Å². The summed E-state index contributed by atoms with van der Waals surface area (Å²) in [7, 11) is 3.29. The highest BCUT2D eigenvalue weighted by Gasteiger charge is 2.13. The molecule has 1 aromatic rings. The summed E-state index contributed by atoms with van der Waals surface area (Å²) in [4.78, 5) is 5.54. The van der Waals surface area contributed by atoms with Gasteiger partial charge in [0.2, 0.25) is 0 Å². The van der Waals surface area contributed by atoms with Gasteiger partial charge in [-0.3, -0.25) is 0 Å². The van der Waals surface area contributed by atoms with Crippen molar-refractivity contribution in [2.24, 2.45) is 4.99 Å². The fourth-order valence-corrected chi connectivity index (χ4v) is 2.12. The van der Waals surface area contributed by atoms with Gasteiger partial charge in [0.05, 0.1) is 25.7 Å². The highest BCUT2D eigenvalue weighted by molar-refractivity contribution is 8.00. The first kappa shape index (κ1) is 9.40. The van der Waals surface area contributed by atoms with Gasteiger partial charge in [-0.05, 0) is 12.1 Å². The second-order valence-corrected chi connectivity index (χ2v) is 3.85. The zero-order chi connectivity index (χ0) is 9.97. The van der Waals surface area contributed by atoms with Crippen LogP contribution in [0.3, 0.4) is 0 Å². The highest BCUT2D eigenvalue weighted by atomic mass is 32.2. The van der Waals surface area contributed by atoms with Crippen molar-refractivity contribution in [2.75, 3.05) is 20.0 Å². The van der Waals surface area contributed by atoms with Gasteiger partial charge >= 0.3 is 0 Å². The van der Waals surface area contributed by atoms with Crippen LogP contribution in [0.25, 0.3) is 0 Å². The number of hydrogen-bond acceptors (Lipinski definition) is 4. The minimum atomic E-state index is 0.760. The summed E-state index contributed by atoms with van der Waals surface area (Å²) in [6, 6.07) is 5.88. The Morgan fingerprint density at radius 3 is 2.86 bits per heavy atom. The Morgan fingerprint density at radius 1 is 1.29 bits per heavy atom. The Balaban J connectivity index is 2.39. The lowest BCUT2D eigenvalue weighted by atomic mass is 10.3. The highest BCUT2D eigenvalue weighted by Crippen LogP contribution is 2.36. The van der Waals surface area contributed by atoms with Crippen molar-refractivity contribution < 1.29 is 9.47 Å². The molecule has 0 fully saturated rings. The van der Waals surface area contributed by atoms with Crippen LogP contribution in [0.2, 0.25) is 0 Å². The summed E-state index contributed by atoms with van der Waals surface area (Å²) in [6.07, 6.45) is 0. The SMILES string of the molecule is COC1=Nc2cc(OC)ccc2SC1. The first-order valence-corrected chi connectivity index (χ1v) is 5.24. The lowest BCUT2D eigenvalue weighted by Gasteiger charge is -2.14. The Hall–Kier alpha value is -1.16. The lowest BCUT2D eigenvalue weighted by Crippen LogP contribution is -2.07. The number of benzene rings is 1. The van der Waals surface area contributed by atoms with E-state index in [9.17, 15) is 0 Å². The van der Waals surface area contributed by atoms with Crippen LogP contribution in [0, 0.1) is 0 Å². The second kappa shape index (κ2) is 3.92. The van der Waals surface area contributed by atoms with Crippen molar-refractivity contribution >= 4 is 23.3 Å². The Morgan fingerprint density at radius 2 is 2.14 bits per heavy atom. The third-order valence-corrected chi connectivity index (χ3v) is 3.05. The van der Waals surface area contributed by atoms with Crippen molar-refractivity contribution in [2.45, 2.75) is 4.90 Å². The molecule has 0 amide bonds. The maximum absolute atomic E-state index is 5.13. The quantitative estimate of drug-likeness (QED) is 0.712. The number of ether oxygens (including phenoxy) is 2. The topological polar surface area (TPSA) is 30.8 Å². The predicted molar refractivity (Wildman–Crippen MR) is 57.8 cm³/mol. The van der Waals surface area contributed by atoms with Gasteiger partial charge in [-0.1, -0.05) is 0 Å².